The Labute approximate surface area is 164 Å². The lowest BCUT2D eigenvalue weighted by Gasteiger charge is -2.17. The van der Waals surface area contributed by atoms with Gasteiger partial charge in [-0.25, -0.2) is 4.79 Å². The van der Waals surface area contributed by atoms with Crippen LogP contribution < -0.4 is 10.6 Å². The number of amides is 2. The minimum absolute atomic E-state index is 0.239. The highest BCUT2D eigenvalue weighted by Gasteiger charge is 2.56. The average Bonchev–Trinajstić information content (AvgIpc) is 3.43. The van der Waals surface area contributed by atoms with Gasteiger partial charge in [0.25, 0.3) is 0 Å². The molecule has 0 aliphatic heterocycles. The third kappa shape index (κ3) is 4.06. The number of esters is 1. The van der Waals surface area contributed by atoms with E-state index in [1.165, 1.54) is 0 Å². The Morgan fingerprint density at radius 1 is 0.964 bits per heavy atom. The highest BCUT2D eigenvalue weighted by atomic mass is 16.5. The number of anilines is 2. The first-order valence-electron chi connectivity index (χ1n) is 9.33. The van der Waals surface area contributed by atoms with Gasteiger partial charge in [0.2, 0.25) is 11.8 Å². The van der Waals surface area contributed by atoms with E-state index < -0.39 is 17.3 Å². The number of hydrogen-bond donors (Lipinski definition) is 2. The van der Waals surface area contributed by atoms with Crippen LogP contribution >= 0.6 is 0 Å². The third-order valence-corrected chi connectivity index (χ3v) is 4.77. The number of benzene rings is 2. The van der Waals surface area contributed by atoms with Gasteiger partial charge in [-0.1, -0.05) is 18.2 Å². The van der Waals surface area contributed by atoms with Gasteiger partial charge in [0, 0.05) is 5.69 Å². The van der Waals surface area contributed by atoms with Crippen LogP contribution in [0.5, 0.6) is 0 Å². The molecule has 0 spiro atoms. The van der Waals surface area contributed by atoms with Crippen LogP contribution in [-0.4, -0.2) is 24.4 Å². The van der Waals surface area contributed by atoms with E-state index in [4.69, 9.17) is 4.74 Å². The van der Waals surface area contributed by atoms with Gasteiger partial charge in [-0.15, -0.1) is 0 Å². The minimum atomic E-state index is -1.11. The van der Waals surface area contributed by atoms with Crippen molar-refractivity contribution in [2.75, 3.05) is 17.2 Å². The normalized spacial score (nSPS) is 14.1. The standard InChI is InChI=1S/C22H24N2O4/c1-4-28-19(25)17-7-5-6-8-18(17)24-21(27)22(9-10-22)20(26)23-16-12-14(2)11-15(3)13-16/h5-8,11-13H,4,9-10H2,1-3H3,(H,23,26)(H,24,27). The first-order valence-corrected chi connectivity index (χ1v) is 9.33. The molecule has 2 amide bonds. The number of aryl methyl sites for hydroxylation is 2. The van der Waals surface area contributed by atoms with Crippen LogP contribution in [0.3, 0.4) is 0 Å². The van der Waals surface area contributed by atoms with Crippen LogP contribution in [0, 0.1) is 19.3 Å². The third-order valence-electron chi connectivity index (χ3n) is 4.77. The zero-order valence-electron chi connectivity index (χ0n) is 16.3. The lowest BCUT2D eigenvalue weighted by atomic mass is 10.0. The van der Waals surface area contributed by atoms with Crippen molar-refractivity contribution in [1.82, 2.24) is 0 Å². The molecule has 2 N–H and O–H groups in total. The molecule has 1 aliphatic rings. The number of carbonyl (C=O) groups is 3. The van der Waals surface area contributed by atoms with Gasteiger partial charge in [0.15, 0.2) is 0 Å². The quantitative estimate of drug-likeness (QED) is 0.589. The predicted molar refractivity (Wildman–Crippen MR) is 107 cm³/mol. The Hall–Kier alpha value is -3.15. The van der Waals surface area contributed by atoms with Crippen molar-refractivity contribution in [3.8, 4) is 0 Å². The van der Waals surface area contributed by atoms with Crippen molar-refractivity contribution in [3.05, 3.63) is 59.2 Å². The summed E-state index contributed by atoms with van der Waals surface area (Å²) in [7, 11) is 0. The van der Waals surface area contributed by atoms with E-state index in [9.17, 15) is 14.4 Å². The molecule has 6 nitrogen and oxygen atoms in total. The zero-order valence-corrected chi connectivity index (χ0v) is 16.3. The molecular formula is C22H24N2O4. The van der Waals surface area contributed by atoms with Gasteiger partial charge in [-0.3, -0.25) is 9.59 Å². The Morgan fingerprint density at radius 3 is 2.18 bits per heavy atom. The first-order chi connectivity index (χ1) is 13.4. The van der Waals surface area contributed by atoms with Crippen molar-refractivity contribution in [3.63, 3.8) is 0 Å². The fourth-order valence-corrected chi connectivity index (χ4v) is 3.20. The Morgan fingerprint density at radius 2 is 1.57 bits per heavy atom. The molecule has 2 aromatic carbocycles. The molecule has 0 atom stereocenters. The number of para-hydroxylation sites is 1. The van der Waals surface area contributed by atoms with Crippen LogP contribution in [0.15, 0.2) is 42.5 Å². The van der Waals surface area contributed by atoms with Gasteiger partial charge < -0.3 is 15.4 Å². The molecular weight excluding hydrogens is 356 g/mol. The summed E-state index contributed by atoms with van der Waals surface area (Å²) < 4.78 is 5.03. The first kappa shape index (κ1) is 19.6. The van der Waals surface area contributed by atoms with Crippen molar-refractivity contribution >= 4 is 29.2 Å². The lowest BCUT2D eigenvalue weighted by Crippen LogP contribution is -2.36. The van der Waals surface area contributed by atoms with E-state index in [0.717, 1.165) is 11.1 Å². The van der Waals surface area contributed by atoms with E-state index >= 15 is 0 Å². The smallest absolute Gasteiger partial charge is 0.340 e. The highest BCUT2D eigenvalue weighted by molar-refractivity contribution is 6.17. The highest BCUT2D eigenvalue weighted by Crippen LogP contribution is 2.47. The summed E-state index contributed by atoms with van der Waals surface area (Å²) in [4.78, 5) is 37.8. The summed E-state index contributed by atoms with van der Waals surface area (Å²) in [6.07, 6.45) is 0.939. The summed E-state index contributed by atoms with van der Waals surface area (Å²) in [5.41, 5.74) is 2.24. The fraction of sp³-hybridized carbons (Fsp3) is 0.318. The molecule has 0 bridgehead atoms. The van der Waals surface area contributed by atoms with Gasteiger partial charge in [0.05, 0.1) is 17.9 Å². The molecule has 0 unspecified atom stereocenters. The van der Waals surface area contributed by atoms with E-state index in [1.54, 1.807) is 31.2 Å². The van der Waals surface area contributed by atoms with E-state index in [2.05, 4.69) is 10.6 Å². The molecule has 2 aromatic rings. The van der Waals surface area contributed by atoms with E-state index in [0.29, 0.717) is 24.2 Å². The Balaban J connectivity index is 1.76. The molecule has 1 fully saturated rings. The summed E-state index contributed by atoms with van der Waals surface area (Å²) >= 11 is 0. The number of carbonyl (C=O) groups excluding carboxylic acids is 3. The Bertz CT molecular complexity index is 912. The van der Waals surface area contributed by atoms with Crippen LogP contribution in [0.4, 0.5) is 11.4 Å². The van der Waals surface area contributed by atoms with Gasteiger partial charge in [-0.2, -0.15) is 0 Å². The summed E-state index contributed by atoms with van der Waals surface area (Å²) in [6.45, 7) is 5.86. The molecule has 1 saturated carbocycles. The van der Waals surface area contributed by atoms with Gasteiger partial charge in [-0.05, 0) is 69.0 Å². The molecule has 0 aromatic heterocycles. The van der Waals surface area contributed by atoms with Crippen LogP contribution in [-0.2, 0) is 14.3 Å². The van der Waals surface area contributed by atoms with Gasteiger partial charge >= 0.3 is 5.97 Å². The average molecular weight is 380 g/mol. The van der Waals surface area contributed by atoms with E-state index in [1.807, 2.05) is 32.0 Å². The predicted octanol–water partition coefficient (Wildman–Crippen LogP) is 3.84. The summed E-state index contributed by atoms with van der Waals surface area (Å²) in [6, 6.07) is 12.4. The van der Waals surface area contributed by atoms with Crippen molar-refractivity contribution in [2.45, 2.75) is 33.6 Å². The Kier molecular flexibility index (Phi) is 5.49. The second-order valence-electron chi connectivity index (χ2n) is 7.13. The van der Waals surface area contributed by atoms with Crippen molar-refractivity contribution < 1.29 is 19.1 Å². The number of hydrogen-bond acceptors (Lipinski definition) is 4. The van der Waals surface area contributed by atoms with Crippen LogP contribution in [0.2, 0.25) is 0 Å². The second-order valence-corrected chi connectivity index (χ2v) is 7.13. The molecule has 0 heterocycles. The molecule has 3 rings (SSSR count). The molecule has 1 aliphatic carbocycles. The van der Waals surface area contributed by atoms with Gasteiger partial charge in [0.1, 0.15) is 5.41 Å². The number of rotatable bonds is 6. The molecule has 146 valence electrons. The van der Waals surface area contributed by atoms with Crippen molar-refractivity contribution in [1.29, 1.82) is 0 Å². The molecule has 0 saturated heterocycles. The number of nitrogens with one attached hydrogen (secondary N) is 2. The molecule has 0 radical (unpaired) electrons. The maximum absolute atomic E-state index is 12.9. The molecule has 6 heteroatoms. The van der Waals surface area contributed by atoms with E-state index in [-0.39, 0.29) is 18.1 Å². The van der Waals surface area contributed by atoms with Crippen LogP contribution in [0.1, 0.15) is 41.3 Å². The summed E-state index contributed by atoms with van der Waals surface area (Å²) in [5, 5.41) is 5.60. The zero-order chi connectivity index (χ0) is 20.3. The molecule has 28 heavy (non-hydrogen) atoms. The second kappa shape index (κ2) is 7.84. The largest absolute Gasteiger partial charge is 0.462 e. The lowest BCUT2D eigenvalue weighted by molar-refractivity contribution is -0.131. The number of ether oxygens (including phenoxy) is 1. The maximum atomic E-state index is 12.9. The van der Waals surface area contributed by atoms with Crippen molar-refractivity contribution in [2.24, 2.45) is 5.41 Å². The fourth-order valence-electron chi connectivity index (χ4n) is 3.20. The van der Waals surface area contributed by atoms with Crippen LogP contribution in [0.25, 0.3) is 0 Å². The minimum Gasteiger partial charge on any atom is -0.462 e. The topological polar surface area (TPSA) is 84.5 Å². The SMILES string of the molecule is CCOC(=O)c1ccccc1NC(=O)C1(C(=O)Nc2cc(C)cc(C)c2)CC1. The monoisotopic (exact) mass is 380 g/mol. The maximum Gasteiger partial charge on any atom is 0.340 e. The summed E-state index contributed by atoms with van der Waals surface area (Å²) in [5.74, 6) is -1.25.